The van der Waals surface area contributed by atoms with Crippen molar-refractivity contribution in [3.8, 4) is 5.75 Å². The van der Waals surface area contributed by atoms with Gasteiger partial charge in [-0.3, -0.25) is 0 Å². The highest BCUT2D eigenvalue weighted by atomic mass is 35.5. The van der Waals surface area contributed by atoms with E-state index in [1.54, 1.807) is 26.2 Å². The molecule has 1 heterocycles. The molecule has 2 rings (SSSR count). The van der Waals surface area contributed by atoms with Crippen LogP contribution in [0.3, 0.4) is 0 Å². The molecule has 22 heavy (non-hydrogen) atoms. The van der Waals surface area contributed by atoms with Crippen molar-refractivity contribution < 1.29 is 13.2 Å². The van der Waals surface area contributed by atoms with Gasteiger partial charge in [-0.05, 0) is 63.4 Å². The molecular weight excluding hydrogens is 324 g/mol. The number of hydrogen-bond acceptors (Lipinski definition) is 4. The molecule has 2 atom stereocenters. The standard InChI is InChI=1S/C15H24N2O3S.ClH/c1-10-8-15(11(2)7-14(10)20-4)21(18,19)17-13-5-6-16-12(3)9-13;/h7-8,12-13,16-17H,5-6,9H2,1-4H3;1H. The Hall–Kier alpha value is -0.820. The first kappa shape index (κ1) is 19.2. The number of rotatable bonds is 4. The number of nitrogens with one attached hydrogen (secondary N) is 2. The molecule has 1 saturated heterocycles. The van der Waals surface area contributed by atoms with Crippen molar-refractivity contribution in [2.75, 3.05) is 13.7 Å². The Morgan fingerprint density at radius 3 is 2.55 bits per heavy atom. The van der Waals surface area contributed by atoms with Crippen molar-refractivity contribution in [2.24, 2.45) is 0 Å². The van der Waals surface area contributed by atoms with E-state index in [2.05, 4.69) is 17.0 Å². The Kier molecular flexibility index (Phi) is 6.67. The van der Waals surface area contributed by atoms with Gasteiger partial charge in [0.15, 0.2) is 0 Å². The zero-order valence-electron chi connectivity index (χ0n) is 13.5. The first-order chi connectivity index (χ1) is 9.83. The number of sulfonamides is 1. The van der Waals surface area contributed by atoms with E-state index in [1.807, 2.05) is 6.92 Å². The predicted octanol–water partition coefficient (Wildman–Crippen LogP) is 2.15. The largest absolute Gasteiger partial charge is 0.496 e. The third-order valence-corrected chi connectivity index (χ3v) is 5.59. The van der Waals surface area contributed by atoms with Gasteiger partial charge in [0.25, 0.3) is 0 Å². The van der Waals surface area contributed by atoms with Gasteiger partial charge in [0, 0.05) is 12.1 Å². The highest BCUT2D eigenvalue weighted by Gasteiger charge is 2.26. The van der Waals surface area contributed by atoms with Gasteiger partial charge in [-0.15, -0.1) is 12.4 Å². The molecular formula is C15H25ClN2O3S. The third kappa shape index (κ3) is 4.35. The van der Waals surface area contributed by atoms with E-state index >= 15 is 0 Å². The number of aryl methyl sites for hydroxylation is 2. The van der Waals surface area contributed by atoms with Crippen molar-refractivity contribution in [3.05, 3.63) is 23.3 Å². The average Bonchev–Trinajstić information content (AvgIpc) is 2.40. The monoisotopic (exact) mass is 348 g/mol. The molecule has 7 heteroatoms. The summed E-state index contributed by atoms with van der Waals surface area (Å²) in [6.45, 7) is 6.56. The fraction of sp³-hybridized carbons (Fsp3) is 0.600. The van der Waals surface area contributed by atoms with Gasteiger partial charge in [0.05, 0.1) is 12.0 Å². The van der Waals surface area contributed by atoms with E-state index in [0.717, 1.165) is 24.9 Å². The van der Waals surface area contributed by atoms with Crippen LogP contribution in [0.25, 0.3) is 0 Å². The number of hydrogen-bond donors (Lipinski definition) is 2. The van der Waals surface area contributed by atoms with Gasteiger partial charge in [0.2, 0.25) is 10.0 Å². The van der Waals surface area contributed by atoms with Crippen molar-refractivity contribution in [2.45, 2.75) is 50.6 Å². The van der Waals surface area contributed by atoms with Gasteiger partial charge in [0.1, 0.15) is 5.75 Å². The molecule has 2 N–H and O–H groups in total. The maximum absolute atomic E-state index is 12.6. The summed E-state index contributed by atoms with van der Waals surface area (Å²) in [7, 11) is -1.91. The van der Waals surface area contributed by atoms with Crippen LogP contribution in [0.5, 0.6) is 5.75 Å². The molecule has 0 saturated carbocycles. The minimum absolute atomic E-state index is 0. The zero-order valence-corrected chi connectivity index (χ0v) is 15.1. The van der Waals surface area contributed by atoms with Crippen LogP contribution in [0.4, 0.5) is 0 Å². The summed E-state index contributed by atoms with van der Waals surface area (Å²) in [5.41, 5.74) is 1.52. The molecule has 1 aliphatic rings. The van der Waals surface area contributed by atoms with Gasteiger partial charge < -0.3 is 10.1 Å². The summed E-state index contributed by atoms with van der Waals surface area (Å²) in [6, 6.07) is 3.79. The molecule has 0 aliphatic carbocycles. The Balaban J connectivity index is 0.00000242. The van der Waals surface area contributed by atoms with Crippen LogP contribution in [0.1, 0.15) is 30.9 Å². The second-order valence-electron chi connectivity index (χ2n) is 5.79. The molecule has 0 bridgehead atoms. The first-order valence-electron chi connectivity index (χ1n) is 7.24. The fourth-order valence-electron chi connectivity index (χ4n) is 2.79. The lowest BCUT2D eigenvalue weighted by Crippen LogP contribution is -2.46. The first-order valence-corrected chi connectivity index (χ1v) is 8.72. The predicted molar refractivity (Wildman–Crippen MR) is 90.5 cm³/mol. The van der Waals surface area contributed by atoms with E-state index in [4.69, 9.17) is 4.74 Å². The van der Waals surface area contributed by atoms with Gasteiger partial charge >= 0.3 is 0 Å². The van der Waals surface area contributed by atoms with Crippen LogP contribution in [0, 0.1) is 13.8 Å². The van der Waals surface area contributed by atoms with Crippen LogP contribution >= 0.6 is 12.4 Å². The van der Waals surface area contributed by atoms with E-state index in [9.17, 15) is 8.42 Å². The summed E-state index contributed by atoms with van der Waals surface area (Å²) >= 11 is 0. The van der Waals surface area contributed by atoms with Crippen LogP contribution in [-0.4, -0.2) is 34.2 Å². The smallest absolute Gasteiger partial charge is 0.241 e. The van der Waals surface area contributed by atoms with Crippen molar-refractivity contribution in [1.82, 2.24) is 10.0 Å². The normalized spacial score (nSPS) is 22.0. The second-order valence-corrected chi connectivity index (χ2v) is 7.47. The van der Waals surface area contributed by atoms with E-state index in [0.29, 0.717) is 22.3 Å². The highest BCUT2D eigenvalue weighted by molar-refractivity contribution is 7.89. The molecule has 0 spiro atoms. The average molecular weight is 349 g/mol. The topological polar surface area (TPSA) is 67.4 Å². The van der Waals surface area contributed by atoms with Gasteiger partial charge in [-0.25, -0.2) is 13.1 Å². The van der Waals surface area contributed by atoms with Crippen molar-refractivity contribution in [3.63, 3.8) is 0 Å². The lowest BCUT2D eigenvalue weighted by molar-refractivity contribution is 0.361. The van der Waals surface area contributed by atoms with Crippen LogP contribution < -0.4 is 14.8 Å². The Morgan fingerprint density at radius 2 is 1.95 bits per heavy atom. The quantitative estimate of drug-likeness (QED) is 0.875. The molecule has 1 aliphatic heterocycles. The zero-order chi connectivity index (χ0) is 15.6. The highest BCUT2D eigenvalue weighted by Crippen LogP contribution is 2.26. The van der Waals surface area contributed by atoms with Gasteiger partial charge in [-0.1, -0.05) is 0 Å². The lowest BCUT2D eigenvalue weighted by atomic mass is 10.0. The maximum Gasteiger partial charge on any atom is 0.241 e. The number of benzene rings is 1. The van der Waals surface area contributed by atoms with Crippen LogP contribution in [0.15, 0.2) is 17.0 Å². The molecule has 126 valence electrons. The van der Waals surface area contributed by atoms with Crippen LogP contribution in [-0.2, 0) is 10.0 Å². The molecule has 1 fully saturated rings. The van der Waals surface area contributed by atoms with E-state index in [-0.39, 0.29) is 18.4 Å². The van der Waals surface area contributed by atoms with E-state index in [1.165, 1.54) is 0 Å². The minimum atomic E-state index is -3.49. The molecule has 0 aromatic heterocycles. The molecule has 1 aromatic rings. The summed E-state index contributed by atoms with van der Waals surface area (Å²) in [5.74, 6) is 0.710. The number of methoxy groups -OCH3 is 1. The summed E-state index contributed by atoms with van der Waals surface area (Å²) in [6.07, 6.45) is 1.63. The maximum atomic E-state index is 12.6. The SMILES string of the molecule is COc1cc(C)c(S(=O)(=O)NC2CCNC(C)C2)cc1C.Cl. The van der Waals surface area contributed by atoms with Crippen LogP contribution in [0.2, 0.25) is 0 Å². The summed E-state index contributed by atoms with van der Waals surface area (Å²) < 4.78 is 33.3. The van der Waals surface area contributed by atoms with Gasteiger partial charge in [-0.2, -0.15) is 0 Å². The molecule has 5 nitrogen and oxygen atoms in total. The lowest BCUT2D eigenvalue weighted by Gasteiger charge is -2.28. The molecule has 0 radical (unpaired) electrons. The summed E-state index contributed by atoms with van der Waals surface area (Å²) in [4.78, 5) is 0.340. The second kappa shape index (κ2) is 7.64. The fourth-order valence-corrected chi connectivity index (χ4v) is 4.39. The molecule has 0 amide bonds. The molecule has 2 unspecified atom stereocenters. The minimum Gasteiger partial charge on any atom is -0.496 e. The summed E-state index contributed by atoms with van der Waals surface area (Å²) in [5, 5.41) is 3.32. The van der Waals surface area contributed by atoms with E-state index < -0.39 is 10.0 Å². The number of halogens is 1. The Labute approximate surface area is 139 Å². The Bertz CT molecular complexity index is 619. The number of piperidine rings is 1. The van der Waals surface area contributed by atoms with Crippen molar-refractivity contribution in [1.29, 1.82) is 0 Å². The Morgan fingerprint density at radius 1 is 1.27 bits per heavy atom. The third-order valence-electron chi connectivity index (χ3n) is 3.93. The van der Waals surface area contributed by atoms with Crippen molar-refractivity contribution >= 4 is 22.4 Å². The molecule has 1 aromatic carbocycles. The number of ether oxygens (including phenoxy) is 1.